The Bertz CT molecular complexity index is 292. The summed E-state index contributed by atoms with van der Waals surface area (Å²) in [5.74, 6) is 0. The maximum absolute atomic E-state index is 5.40. The Kier molecular flexibility index (Phi) is 3.65. The molecule has 1 atom stereocenters. The van der Waals surface area contributed by atoms with Gasteiger partial charge in [0, 0.05) is 6.92 Å². The van der Waals surface area contributed by atoms with E-state index in [9.17, 15) is 0 Å². The topological polar surface area (TPSA) is 9.23 Å². The van der Waals surface area contributed by atoms with Gasteiger partial charge in [-0.3, -0.25) is 0 Å². The van der Waals surface area contributed by atoms with Crippen LogP contribution in [-0.4, -0.2) is 5.05 Å². The van der Waals surface area contributed by atoms with Crippen LogP contribution in [0.2, 0.25) is 0 Å². The second-order valence-corrected chi connectivity index (χ2v) is 3.25. The van der Waals surface area contributed by atoms with E-state index in [4.69, 9.17) is 17.0 Å². The Morgan fingerprint density at radius 1 is 1.46 bits per heavy atom. The lowest BCUT2D eigenvalue weighted by molar-refractivity contribution is 0.247. The Balaban J connectivity index is 2.78. The molecule has 0 aliphatic carbocycles. The third kappa shape index (κ3) is 2.99. The fraction of sp³-hybridized carbons (Fsp3) is 0.182. The molecule has 1 aromatic carbocycles. The van der Waals surface area contributed by atoms with Gasteiger partial charge in [0.15, 0.2) is 5.05 Å². The predicted molar refractivity (Wildman–Crippen MR) is 58.7 cm³/mol. The van der Waals surface area contributed by atoms with Gasteiger partial charge in [0.2, 0.25) is 0 Å². The quantitative estimate of drug-likeness (QED) is 0.537. The Morgan fingerprint density at radius 2 is 2.08 bits per heavy atom. The number of thiocarbonyl (C=S) groups is 1. The predicted octanol–water partition coefficient (Wildman–Crippen LogP) is 3.28. The van der Waals surface area contributed by atoms with Gasteiger partial charge in [-0.25, -0.2) is 0 Å². The standard InChI is InChI=1S/C11H12OS/c1-3-11(12-9(2)13)10-7-5-4-6-8-10/h3-8,11H,1H2,2H3. The van der Waals surface area contributed by atoms with Crippen LogP contribution in [0.15, 0.2) is 43.0 Å². The minimum Gasteiger partial charge on any atom is -0.475 e. The van der Waals surface area contributed by atoms with Crippen LogP contribution in [0.5, 0.6) is 0 Å². The highest BCUT2D eigenvalue weighted by atomic mass is 32.1. The molecule has 68 valence electrons. The molecule has 0 heterocycles. The second-order valence-electron chi connectivity index (χ2n) is 2.68. The first kappa shape index (κ1) is 9.93. The maximum Gasteiger partial charge on any atom is 0.158 e. The van der Waals surface area contributed by atoms with Gasteiger partial charge in [-0.1, -0.05) is 36.9 Å². The van der Waals surface area contributed by atoms with Crippen molar-refractivity contribution in [3.63, 3.8) is 0 Å². The molecule has 0 radical (unpaired) electrons. The molecule has 13 heavy (non-hydrogen) atoms. The van der Waals surface area contributed by atoms with Crippen LogP contribution in [0.4, 0.5) is 0 Å². The molecule has 0 saturated heterocycles. The fourth-order valence-electron chi connectivity index (χ4n) is 1.07. The third-order valence-electron chi connectivity index (χ3n) is 1.64. The molecular formula is C11H12OS. The minimum absolute atomic E-state index is 0.126. The number of hydrogen-bond donors (Lipinski definition) is 0. The summed E-state index contributed by atoms with van der Waals surface area (Å²) in [6.07, 6.45) is 1.61. The van der Waals surface area contributed by atoms with E-state index < -0.39 is 0 Å². The monoisotopic (exact) mass is 192 g/mol. The number of benzene rings is 1. The lowest BCUT2D eigenvalue weighted by Crippen LogP contribution is -2.03. The zero-order valence-electron chi connectivity index (χ0n) is 7.57. The van der Waals surface area contributed by atoms with E-state index in [-0.39, 0.29) is 6.10 Å². The fourth-order valence-corrected chi connectivity index (χ4v) is 1.18. The number of ether oxygens (including phenoxy) is 1. The molecule has 0 bridgehead atoms. The average Bonchev–Trinajstić information content (AvgIpc) is 2.15. The zero-order valence-corrected chi connectivity index (χ0v) is 8.38. The average molecular weight is 192 g/mol. The molecule has 1 rings (SSSR count). The molecule has 0 N–H and O–H groups in total. The van der Waals surface area contributed by atoms with Crippen molar-refractivity contribution in [2.45, 2.75) is 13.0 Å². The molecule has 1 nitrogen and oxygen atoms in total. The van der Waals surface area contributed by atoms with Crippen LogP contribution in [-0.2, 0) is 4.74 Å². The van der Waals surface area contributed by atoms with Crippen LogP contribution in [0.1, 0.15) is 18.6 Å². The highest BCUT2D eigenvalue weighted by Gasteiger charge is 2.07. The normalized spacial score (nSPS) is 11.8. The maximum atomic E-state index is 5.40. The van der Waals surface area contributed by atoms with Gasteiger partial charge in [0.25, 0.3) is 0 Å². The first-order valence-corrected chi connectivity index (χ1v) is 4.49. The zero-order chi connectivity index (χ0) is 9.68. The third-order valence-corrected chi connectivity index (χ3v) is 1.73. The van der Waals surface area contributed by atoms with Gasteiger partial charge in [-0.05, 0) is 23.9 Å². The van der Waals surface area contributed by atoms with Crippen LogP contribution in [0, 0.1) is 0 Å². The van der Waals surface area contributed by atoms with Crippen molar-refractivity contribution < 1.29 is 4.74 Å². The van der Waals surface area contributed by atoms with Gasteiger partial charge in [0.1, 0.15) is 6.10 Å². The van der Waals surface area contributed by atoms with Gasteiger partial charge >= 0.3 is 0 Å². The lowest BCUT2D eigenvalue weighted by Gasteiger charge is -2.13. The molecule has 0 aromatic heterocycles. The van der Waals surface area contributed by atoms with E-state index in [0.717, 1.165) is 5.56 Å². The number of hydrogen-bond acceptors (Lipinski definition) is 2. The molecule has 2 heteroatoms. The SMILES string of the molecule is C=CC(OC(C)=S)c1ccccc1. The smallest absolute Gasteiger partial charge is 0.158 e. The van der Waals surface area contributed by atoms with E-state index in [2.05, 4.69) is 6.58 Å². The van der Waals surface area contributed by atoms with Gasteiger partial charge in [-0.15, -0.1) is 0 Å². The van der Waals surface area contributed by atoms with Crippen LogP contribution in [0.25, 0.3) is 0 Å². The molecule has 0 fully saturated rings. The number of rotatable bonds is 3. The van der Waals surface area contributed by atoms with Crippen molar-refractivity contribution in [1.29, 1.82) is 0 Å². The van der Waals surface area contributed by atoms with Crippen LogP contribution >= 0.6 is 12.2 Å². The molecule has 0 saturated carbocycles. The first-order valence-electron chi connectivity index (χ1n) is 4.08. The lowest BCUT2D eigenvalue weighted by atomic mass is 10.1. The van der Waals surface area contributed by atoms with Crippen molar-refractivity contribution in [3.05, 3.63) is 48.6 Å². The Labute approximate surface area is 84.0 Å². The van der Waals surface area contributed by atoms with E-state index in [0.29, 0.717) is 5.05 Å². The van der Waals surface area contributed by atoms with Crippen LogP contribution in [0.3, 0.4) is 0 Å². The highest BCUT2D eigenvalue weighted by Crippen LogP contribution is 2.18. The van der Waals surface area contributed by atoms with Crippen LogP contribution < -0.4 is 0 Å². The van der Waals surface area contributed by atoms with Crippen molar-refractivity contribution in [2.75, 3.05) is 0 Å². The van der Waals surface area contributed by atoms with E-state index in [1.165, 1.54) is 0 Å². The summed E-state index contributed by atoms with van der Waals surface area (Å²) in [5.41, 5.74) is 1.07. The van der Waals surface area contributed by atoms with Gasteiger partial charge in [0.05, 0.1) is 0 Å². The van der Waals surface area contributed by atoms with Gasteiger partial charge < -0.3 is 4.74 Å². The van der Waals surface area contributed by atoms with Crippen molar-refractivity contribution >= 4 is 17.3 Å². The van der Waals surface area contributed by atoms with Crippen molar-refractivity contribution in [1.82, 2.24) is 0 Å². The summed E-state index contributed by atoms with van der Waals surface area (Å²) >= 11 is 4.87. The van der Waals surface area contributed by atoms with E-state index in [1.807, 2.05) is 30.3 Å². The molecular weight excluding hydrogens is 180 g/mol. The molecule has 1 unspecified atom stereocenters. The molecule has 0 aliphatic heterocycles. The Hall–Kier alpha value is -1.15. The van der Waals surface area contributed by atoms with Crippen molar-refractivity contribution in [3.8, 4) is 0 Å². The Morgan fingerprint density at radius 3 is 2.54 bits per heavy atom. The van der Waals surface area contributed by atoms with Crippen molar-refractivity contribution in [2.24, 2.45) is 0 Å². The largest absolute Gasteiger partial charge is 0.475 e. The minimum atomic E-state index is -0.126. The summed E-state index contributed by atoms with van der Waals surface area (Å²) < 4.78 is 5.40. The van der Waals surface area contributed by atoms with E-state index >= 15 is 0 Å². The highest BCUT2D eigenvalue weighted by molar-refractivity contribution is 7.80. The first-order chi connectivity index (χ1) is 6.24. The molecule has 0 amide bonds. The summed E-state index contributed by atoms with van der Waals surface area (Å²) in [6.45, 7) is 5.46. The summed E-state index contributed by atoms with van der Waals surface area (Å²) in [5, 5.41) is 0.536. The van der Waals surface area contributed by atoms with E-state index in [1.54, 1.807) is 13.0 Å². The second kappa shape index (κ2) is 4.77. The molecule has 0 aliphatic rings. The summed E-state index contributed by atoms with van der Waals surface area (Å²) in [4.78, 5) is 0. The molecule has 1 aromatic rings. The van der Waals surface area contributed by atoms with Gasteiger partial charge in [-0.2, -0.15) is 0 Å². The summed E-state index contributed by atoms with van der Waals surface area (Å²) in [7, 11) is 0. The molecule has 0 spiro atoms. The summed E-state index contributed by atoms with van der Waals surface area (Å²) in [6, 6.07) is 9.88.